The molecule has 0 radical (unpaired) electrons. The minimum Gasteiger partial charge on any atom is -0.459 e. The Balaban J connectivity index is 1.63. The van der Waals surface area contributed by atoms with Crippen molar-refractivity contribution in [3.8, 4) is 11.1 Å². The molecule has 10 heteroatoms. The molecule has 0 unspecified atom stereocenters. The van der Waals surface area contributed by atoms with E-state index in [1.807, 2.05) is 12.1 Å². The van der Waals surface area contributed by atoms with Crippen LogP contribution >= 0.6 is 0 Å². The van der Waals surface area contributed by atoms with Crippen molar-refractivity contribution in [2.45, 2.75) is 51.7 Å². The van der Waals surface area contributed by atoms with Gasteiger partial charge < -0.3 is 19.4 Å². The highest BCUT2D eigenvalue weighted by Gasteiger charge is 2.35. The number of benzene rings is 2. The van der Waals surface area contributed by atoms with Crippen molar-refractivity contribution in [3.05, 3.63) is 78.1 Å². The Morgan fingerprint density at radius 2 is 1.76 bits per heavy atom. The van der Waals surface area contributed by atoms with Crippen molar-refractivity contribution in [1.29, 1.82) is 0 Å². The molecule has 3 aromatic rings. The number of nitrogens with one attached hydrogen (secondary N) is 1. The number of ether oxygens (including phenoxy) is 1. The Hall–Kier alpha value is -4.34. The largest absolute Gasteiger partial charge is 0.459 e. The van der Waals surface area contributed by atoms with Crippen molar-refractivity contribution >= 4 is 34.5 Å². The van der Waals surface area contributed by atoms with Gasteiger partial charge in [0.25, 0.3) is 11.8 Å². The molecular formula is C32H34F3N3O4. The fourth-order valence-corrected chi connectivity index (χ4v) is 4.53. The summed E-state index contributed by atoms with van der Waals surface area (Å²) in [5, 5.41) is 3.39. The first kappa shape index (κ1) is 30.6. The molecule has 222 valence electrons. The zero-order valence-corrected chi connectivity index (χ0v) is 24.1. The van der Waals surface area contributed by atoms with Crippen molar-refractivity contribution in [1.82, 2.24) is 10.2 Å². The number of aliphatic imine (C=N–C) groups is 1. The average molecular weight is 582 g/mol. The number of nitrogens with zero attached hydrogens (tertiary/aromatic N) is 2. The molecular weight excluding hydrogens is 547 g/mol. The zero-order valence-electron chi connectivity index (χ0n) is 24.1. The maximum absolute atomic E-state index is 13.7. The van der Waals surface area contributed by atoms with Crippen molar-refractivity contribution < 1.29 is 31.9 Å². The number of furan rings is 1. The third-order valence-corrected chi connectivity index (χ3v) is 6.70. The molecule has 42 heavy (non-hydrogen) atoms. The van der Waals surface area contributed by atoms with Crippen LogP contribution in [0.2, 0.25) is 0 Å². The van der Waals surface area contributed by atoms with Crippen LogP contribution in [0.5, 0.6) is 0 Å². The Morgan fingerprint density at radius 1 is 1.10 bits per heavy atom. The molecule has 1 saturated heterocycles. The van der Waals surface area contributed by atoms with Gasteiger partial charge in [-0.1, -0.05) is 24.8 Å². The van der Waals surface area contributed by atoms with E-state index in [1.54, 1.807) is 51.1 Å². The van der Waals surface area contributed by atoms with Crippen LogP contribution in [0.3, 0.4) is 0 Å². The number of carbonyl (C=O) groups excluding carboxylic acids is 2. The van der Waals surface area contributed by atoms with Crippen molar-refractivity contribution in [2.75, 3.05) is 20.1 Å². The van der Waals surface area contributed by atoms with E-state index in [1.165, 1.54) is 24.1 Å². The molecule has 2 aromatic carbocycles. The molecule has 0 bridgehead atoms. The molecule has 0 saturated carbocycles. The molecule has 1 aliphatic heterocycles. The number of likely N-dealkylation sites (tertiary alicyclic amines) is 1. The second-order valence-corrected chi connectivity index (χ2v) is 11.1. The van der Waals surface area contributed by atoms with Gasteiger partial charge in [0.2, 0.25) is 5.97 Å². The number of alkyl carbamates (subject to hydrolysis) is 1. The van der Waals surface area contributed by atoms with E-state index in [0.29, 0.717) is 28.0 Å². The highest BCUT2D eigenvalue weighted by Crippen LogP contribution is 2.34. The van der Waals surface area contributed by atoms with Gasteiger partial charge in [-0.15, -0.1) is 0 Å². The van der Waals surface area contributed by atoms with Gasteiger partial charge in [0.1, 0.15) is 16.9 Å². The molecule has 1 aliphatic rings. The Morgan fingerprint density at radius 3 is 2.38 bits per heavy atom. The fourth-order valence-electron chi connectivity index (χ4n) is 4.53. The molecule has 1 aromatic heterocycles. The number of fused-ring (bicyclic) bond motifs is 1. The summed E-state index contributed by atoms with van der Waals surface area (Å²) in [5.74, 6) is -3.21. The predicted octanol–water partition coefficient (Wildman–Crippen LogP) is 7.56. The minimum atomic E-state index is -2.73. The topological polar surface area (TPSA) is 84.1 Å². The summed E-state index contributed by atoms with van der Waals surface area (Å²) in [6.45, 7) is 9.49. The van der Waals surface area contributed by atoms with Crippen LogP contribution in [0.1, 0.15) is 55.3 Å². The van der Waals surface area contributed by atoms with E-state index in [-0.39, 0.29) is 38.4 Å². The number of allylic oxidation sites excluding steroid dienone is 3. The number of halogens is 3. The summed E-state index contributed by atoms with van der Waals surface area (Å²) in [6.07, 6.45) is 1.42. The van der Waals surface area contributed by atoms with Gasteiger partial charge in [-0.2, -0.15) is 4.39 Å². The van der Waals surface area contributed by atoms with Gasteiger partial charge >= 0.3 is 6.09 Å². The van der Waals surface area contributed by atoms with Gasteiger partial charge in [0.15, 0.2) is 0 Å². The fraction of sp³-hybridized carbons (Fsp3) is 0.344. The molecule has 7 nitrogen and oxygen atoms in total. The first-order valence-corrected chi connectivity index (χ1v) is 13.6. The number of hydrogen-bond donors (Lipinski definition) is 1. The summed E-state index contributed by atoms with van der Waals surface area (Å²) in [5.41, 5.74) is 2.89. The predicted molar refractivity (Wildman–Crippen MR) is 157 cm³/mol. The lowest BCUT2D eigenvalue weighted by Crippen LogP contribution is -2.42. The SMILES string of the molecule is C=C(/C=C\C(F)=NC)c1cc(-c2ccc(C(=O)N3CCC(F)(F)CC3)cc2)cc2cc(CNC(=O)OC(C)(C)C)oc12. The summed E-state index contributed by atoms with van der Waals surface area (Å²) < 4.78 is 52.1. The first-order valence-electron chi connectivity index (χ1n) is 13.6. The number of alkyl halides is 2. The smallest absolute Gasteiger partial charge is 0.408 e. The number of carbonyl (C=O) groups is 2. The second-order valence-electron chi connectivity index (χ2n) is 11.1. The van der Waals surface area contributed by atoms with E-state index in [0.717, 1.165) is 16.5 Å². The average Bonchev–Trinajstić information content (AvgIpc) is 3.36. The maximum atomic E-state index is 13.7. The van der Waals surface area contributed by atoms with Crippen LogP contribution in [0, 0.1) is 0 Å². The van der Waals surface area contributed by atoms with E-state index in [9.17, 15) is 22.8 Å². The summed E-state index contributed by atoms with van der Waals surface area (Å²) in [4.78, 5) is 30.0. The Bertz CT molecular complexity index is 1540. The van der Waals surface area contributed by atoms with Crippen LogP contribution in [0.25, 0.3) is 27.7 Å². The zero-order chi connectivity index (χ0) is 30.7. The van der Waals surface area contributed by atoms with Gasteiger partial charge in [-0.3, -0.25) is 9.79 Å². The Labute approximate surface area is 242 Å². The van der Waals surface area contributed by atoms with Crippen LogP contribution in [0.15, 0.2) is 70.6 Å². The van der Waals surface area contributed by atoms with Crippen LogP contribution < -0.4 is 5.32 Å². The van der Waals surface area contributed by atoms with Crippen LogP contribution in [-0.4, -0.2) is 54.5 Å². The number of amides is 2. The molecule has 0 aliphatic carbocycles. The third kappa shape index (κ3) is 7.69. The molecule has 0 spiro atoms. The first-order chi connectivity index (χ1) is 19.7. The summed E-state index contributed by atoms with van der Waals surface area (Å²) in [7, 11) is 1.34. The normalized spacial score (nSPS) is 15.7. The quantitative estimate of drug-likeness (QED) is 0.231. The monoisotopic (exact) mass is 581 g/mol. The van der Waals surface area contributed by atoms with Gasteiger partial charge in [-0.05, 0) is 73.9 Å². The lowest BCUT2D eigenvalue weighted by molar-refractivity contribution is -0.0494. The van der Waals surface area contributed by atoms with Crippen molar-refractivity contribution in [2.24, 2.45) is 4.99 Å². The number of hydrogen-bond acceptors (Lipinski definition) is 5. The second kappa shape index (κ2) is 12.3. The minimum absolute atomic E-state index is 0.0121. The lowest BCUT2D eigenvalue weighted by Gasteiger charge is -2.31. The Kier molecular flexibility index (Phi) is 8.94. The molecule has 4 rings (SSSR count). The number of rotatable bonds is 7. The maximum Gasteiger partial charge on any atom is 0.408 e. The molecule has 2 amide bonds. The van der Waals surface area contributed by atoms with Gasteiger partial charge in [-0.25, -0.2) is 13.6 Å². The van der Waals surface area contributed by atoms with Gasteiger partial charge in [0.05, 0.1) is 6.54 Å². The molecule has 1 N–H and O–H groups in total. The summed E-state index contributed by atoms with van der Waals surface area (Å²) >= 11 is 0. The third-order valence-electron chi connectivity index (χ3n) is 6.70. The number of piperidine rings is 1. The van der Waals surface area contributed by atoms with Crippen LogP contribution in [0.4, 0.5) is 18.0 Å². The molecule has 2 heterocycles. The standard InChI is InChI=1S/C32H34F3N3O4/c1-20(6-11-27(33)36-5)26-18-23(16-24-17-25(41-28(24)26)19-37-30(40)42-31(2,3)4)21-7-9-22(10-8-21)29(39)38-14-12-32(34,35)13-15-38/h6-11,16-18H,1,12-15,19H2,2-5H3,(H,37,40)/b11-6-,36-27?. The molecule has 1 fully saturated rings. The van der Waals surface area contributed by atoms with E-state index < -0.39 is 23.6 Å². The molecule has 0 atom stereocenters. The highest BCUT2D eigenvalue weighted by molar-refractivity contribution is 5.98. The van der Waals surface area contributed by atoms with Crippen molar-refractivity contribution in [3.63, 3.8) is 0 Å². The summed E-state index contributed by atoms with van der Waals surface area (Å²) in [6, 6.07) is 12.4. The van der Waals surface area contributed by atoms with E-state index in [4.69, 9.17) is 9.15 Å². The highest BCUT2D eigenvalue weighted by atomic mass is 19.3. The van der Waals surface area contributed by atoms with Crippen LogP contribution in [-0.2, 0) is 11.3 Å². The van der Waals surface area contributed by atoms with E-state index >= 15 is 0 Å². The van der Waals surface area contributed by atoms with E-state index in [2.05, 4.69) is 16.9 Å². The van der Waals surface area contributed by atoms with Gasteiger partial charge in [0, 0.05) is 49.5 Å². The lowest BCUT2D eigenvalue weighted by atomic mass is 9.96.